The summed E-state index contributed by atoms with van der Waals surface area (Å²) >= 11 is 9.53. The molecule has 0 spiro atoms. The van der Waals surface area contributed by atoms with Crippen molar-refractivity contribution in [1.29, 1.82) is 0 Å². The SMILES string of the molecule is c1ccc2c(-c3cc4sc(-c5ccc6c(c5)sc5c7ccccc7sc65)cc4s3)csc2c1. The first-order valence-corrected chi connectivity index (χ1v) is 14.8. The van der Waals surface area contributed by atoms with Crippen LogP contribution in [-0.4, -0.2) is 0 Å². The van der Waals surface area contributed by atoms with Gasteiger partial charge in [-0.15, -0.1) is 56.7 Å². The van der Waals surface area contributed by atoms with Crippen LogP contribution in [0.5, 0.6) is 0 Å². The fourth-order valence-electron chi connectivity index (χ4n) is 4.64. The molecule has 8 aromatic rings. The molecule has 0 nitrogen and oxygen atoms in total. The largest absolute Gasteiger partial charge is 0.143 e. The third kappa shape index (κ3) is 2.78. The highest BCUT2D eigenvalue weighted by molar-refractivity contribution is 7.36. The summed E-state index contributed by atoms with van der Waals surface area (Å²) in [6, 6.07) is 29.3. The average molecular weight is 511 g/mol. The van der Waals surface area contributed by atoms with Gasteiger partial charge in [-0.1, -0.05) is 48.5 Å². The Morgan fingerprint density at radius 1 is 0.455 bits per heavy atom. The molecule has 0 radical (unpaired) electrons. The van der Waals surface area contributed by atoms with Gasteiger partial charge in [0.15, 0.2) is 0 Å². The van der Waals surface area contributed by atoms with E-state index >= 15 is 0 Å². The van der Waals surface area contributed by atoms with Crippen LogP contribution in [0.1, 0.15) is 0 Å². The summed E-state index contributed by atoms with van der Waals surface area (Å²) < 4.78 is 9.78. The van der Waals surface area contributed by atoms with Crippen LogP contribution in [0.15, 0.2) is 84.2 Å². The Hall–Kier alpha value is -2.54. The molecule has 156 valence electrons. The zero-order valence-corrected chi connectivity index (χ0v) is 21.2. The van der Waals surface area contributed by atoms with Crippen LogP contribution < -0.4 is 0 Å². The van der Waals surface area contributed by atoms with Crippen LogP contribution in [0.2, 0.25) is 0 Å². The van der Waals surface area contributed by atoms with Crippen molar-refractivity contribution in [2.24, 2.45) is 0 Å². The normalized spacial score (nSPS) is 12.2. The van der Waals surface area contributed by atoms with E-state index in [4.69, 9.17) is 0 Å². The number of thiophene rings is 5. The molecule has 0 fully saturated rings. The van der Waals surface area contributed by atoms with Crippen molar-refractivity contribution in [2.45, 2.75) is 0 Å². The van der Waals surface area contributed by atoms with Gasteiger partial charge in [0.05, 0.1) is 9.40 Å². The Bertz CT molecular complexity index is 1950. The van der Waals surface area contributed by atoms with Gasteiger partial charge in [0.2, 0.25) is 0 Å². The van der Waals surface area contributed by atoms with Gasteiger partial charge in [0.1, 0.15) is 0 Å². The molecule has 0 aliphatic rings. The highest BCUT2D eigenvalue weighted by Gasteiger charge is 2.15. The number of fused-ring (bicyclic) bond motifs is 7. The maximum absolute atomic E-state index is 2.39. The smallest absolute Gasteiger partial charge is 0.0542 e. The van der Waals surface area contributed by atoms with Gasteiger partial charge in [0, 0.05) is 60.4 Å². The van der Waals surface area contributed by atoms with Gasteiger partial charge < -0.3 is 0 Å². The Balaban J connectivity index is 1.23. The van der Waals surface area contributed by atoms with Crippen LogP contribution in [0.25, 0.3) is 69.9 Å². The number of hydrogen-bond donors (Lipinski definition) is 0. The van der Waals surface area contributed by atoms with E-state index in [9.17, 15) is 0 Å². The Morgan fingerprint density at radius 3 is 2.00 bits per heavy atom. The minimum absolute atomic E-state index is 1.33. The molecule has 0 bridgehead atoms. The van der Waals surface area contributed by atoms with Crippen LogP contribution in [0.4, 0.5) is 0 Å². The third-order valence-corrected chi connectivity index (χ3v) is 12.1. The summed E-state index contributed by atoms with van der Waals surface area (Å²) in [6.45, 7) is 0. The molecule has 0 amide bonds. The standard InChI is InChI=1S/C28H14S5/c1-3-7-20-16(5-1)19(14-29-20)24-13-26-25(31-24)12-22(30-26)15-9-10-18-23(11-15)33-27-17-6-2-4-8-21(17)32-28(18)27/h1-14H. The molecular weight excluding hydrogens is 497 g/mol. The molecule has 0 aliphatic carbocycles. The molecule has 5 heteroatoms. The highest BCUT2D eigenvalue weighted by Crippen LogP contribution is 2.47. The fraction of sp³-hybridized carbons (Fsp3) is 0. The molecule has 3 aromatic carbocycles. The zero-order chi connectivity index (χ0) is 21.5. The summed E-state index contributed by atoms with van der Waals surface area (Å²) in [4.78, 5) is 2.74. The number of rotatable bonds is 2. The van der Waals surface area contributed by atoms with E-state index in [2.05, 4.69) is 84.2 Å². The predicted octanol–water partition coefficient (Wildman–Crippen LogP) is 11.1. The molecule has 5 heterocycles. The molecule has 0 atom stereocenters. The number of hydrogen-bond acceptors (Lipinski definition) is 5. The van der Waals surface area contributed by atoms with Crippen molar-refractivity contribution >= 4 is 106 Å². The van der Waals surface area contributed by atoms with Gasteiger partial charge >= 0.3 is 0 Å². The van der Waals surface area contributed by atoms with Crippen molar-refractivity contribution in [3.63, 3.8) is 0 Å². The second-order valence-corrected chi connectivity index (χ2v) is 13.3. The summed E-state index contributed by atoms with van der Waals surface area (Å²) in [5.41, 5.74) is 2.70. The fourth-order valence-corrected chi connectivity index (χ4v) is 10.8. The van der Waals surface area contributed by atoms with E-state index in [0.717, 1.165) is 0 Å². The Kier molecular flexibility index (Phi) is 3.99. The van der Waals surface area contributed by atoms with E-state index < -0.39 is 0 Å². The van der Waals surface area contributed by atoms with Crippen LogP contribution in [0.3, 0.4) is 0 Å². The molecule has 0 aliphatic heterocycles. The molecule has 33 heavy (non-hydrogen) atoms. The first-order chi connectivity index (χ1) is 16.3. The minimum atomic E-state index is 1.33. The average Bonchev–Trinajstić information content (AvgIpc) is 3.62. The maximum Gasteiger partial charge on any atom is 0.0542 e. The van der Waals surface area contributed by atoms with E-state index in [1.165, 1.54) is 69.9 Å². The molecule has 0 saturated heterocycles. The van der Waals surface area contributed by atoms with E-state index in [1.54, 1.807) is 0 Å². The van der Waals surface area contributed by atoms with Crippen molar-refractivity contribution in [1.82, 2.24) is 0 Å². The monoisotopic (exact) mass is 510 g/mol. The van der Waals surface area contributed by atoms with E-state index in [-0.39, 0.29) is 0 Å². The van der Waals surface area contributed by atoms with Gasteiger partial charge in [-0.25, -0.2) is 0 Å². The summed E-state index contributed by atoms with van der Waals surface area (Å²) in [5, 5.41) is 6.46. The highest BCUT2D eigenvalue weighted by atomic mass is 32.1. The van der Waals surface area contributed by atoms with Crippen molar-refractivity contribution < 1.29 is 0 Å². The first-order valence-electron chi connectivity index (χ1n) is 10.7. The maximum atomic E-state index is 2.39. The molecular formula is C28H14S5. The van der Waals surface area contributed by atoms with Crippen LogP contribution in [-0.2, 0) is 0 Å². The first kappa shape index (κ1) is 18.8. The van der Waals surface area contributed by atoms with Gasteiger partial charge in [-0.2, -0.15) is 0 Å². The van der Waals surface area contributed by atoms with Gasteiger partial charge in [-0.05, 0) is 35.9 Å². The number of benzene rings is 3. The second-order valence-electron chi connectivity index (χ2n) is 8.16. The third-order valence-electron chi connectivity index (χ3n) is 6.23. The molecule has 5 aromatic heterocycles. The summed E-state index contributed by atoms with van der Waals surface area (Å²) in [5.74, 6) is 0. The molecule has 0 saturated carbocycles. The Labute approximate surface area is 209 Å². The summed E-state index contributed by atoms with van der Waals surface area (Å²) in [7, 11) is 0. The van der Waals surface area contributed by atoms with Crippen molar-refractivity contribution in [3.8, 4) is 20.9 Å². The topological polar surface area (TPSA) is 0 Å². The lowest BCUT2D eigenvalue weighted by molar-refractivity contribution is 1.83. The summed E-state index contributed by atoms with van der Waals surface area (Å²) in [6.07, 6.45) is 0. The second kappa shape index (κ2) is 6.98. The van der Waals surface area contributed by atoms with E-state index in [1.807, 2.05) is 56.7 Å². The Morgan fingerprint density at radius 2 is 1.12 bits per heavy atom. The van der Waals surface area contributed by atoms with Crippen LogP contribution in [0, 0.1) is 0 Å². The predicted molar refractivity (Wildman–Crippen MR) is 154 cm³/mol. The lowest BCUT2D eigenvalue weighted by atomic mass is 10.1. The molecule has 8 rings (SSSR count). The molecule has 0 unspecified atom stereocenters. The van der Waals surface area contributed by atoms with E-state index in [0.29, 0.717) is 0 Å². The molecule has 0 N–H and O–H groups in total. The minimum Gasteiger partial charge on any atom is -0.143 e. The quantitative estimate of drug-likeness (QED) is 0.217. The van der Waals surface area contributed by atoms with Crippen LogP contribution >= 0.6 is 56.7 Å². The van der Waals surface area contributed by atoms with Gasteiger partial charge in [-0.3, -0.25) is 0 Å². The lowest BCUT2D eigenvalue weighted by Gasteiger charge is -1.98. The van der Waals surface area contributed by atoms with Gasteiger partial charge in [0.25, 0.3) is 0 Å². The van der Waals surface area contributed by atoms with Crippen molar-refractivity contribution in [2.75, 3.05) is 0 Å². The zero-order valence-electron chi connectivity index (χ0n) is 17.1. The van der Waals surface area contributed by atoms with Crippen molar-refractivity contribution in [3.05, 3.63) is 84.2 Å². The lowest BCUT2D eigenvalue weighted by Crippen LogP contribution is -1.71.